The van der Waals surface area contributed by atoms with Gasteiger partial charge in [-0.05, 0) is 24.1 Å². The van der Waals surface area contributed by atoms with Gasteiger partial charge >= 0.3 is 0 Å². The van der Waals surface area contributed by atoms with Gasteiger partial charge in [-0.1, -0.05) is 29.0 Å². The van der Waals surface area contributed by atoms with Crippen LogP contribution in [0.25, 0.3) is 32.2 Å². The van der Waals surface area contributed by atoms with Gasteiger partial charge in [0.2, 0.25) is 5.91 Å². The zero-order valence-electron chi connectivity index (χ0n) is 14.1. The standard InChI is InChI=1S/C18H12ClF2N5OS/c19-13-12(8-5-23-26-16(8)15(22)14(13)21)6-1-2-10-11(3-6)28-18(24-10)25-17(27)7-4-9(7)20/h1-3,5,7,9H,4,22H2,(H,23,26)(H,24,25,27)/t7-,9+/m1/s1. The summed E-state index contributed by atoms with van der Waals surface area (Å²) in [6, 6.07) is 5.32. The van der Waals surface area contributed by atoms with Crippen LogP contribution in [-0.4, -0.2) is 27.3 Å². The number of fused-ring (bicyclic) bond motifs is 2. The molecule has 0 saturated heterocycles. The third-order valence-corrected chi connectivity index (χ3v) is 6.07. The highest BCUT2D eigenvalue weighted by Crippen LogP contribution is 2.42. The summed E-state index contributed by atoms with van der Waals surface area (Å²) in [5.41, 5.74) is 7.86. The molecule has 10 heteroatoms. The molecule has 0 aliphatic heterocycles. The van der Waals surface area contributed by atoms with Crippen LogP contribution in [0, 0.1) is 11.7 Å². The lowest BCUT2D eigenvalue weighted by atomic mass is 10.0. The summed E-state index contributed by atoms with van der Waals surface area (Å²) in [6.07, 6.45) is 0.724. The normalized spacial score (nSPS) is 18.7. The van der Waals surface area contributed by atoms with E-state index in [1.807, 2.05) is 0 Å². The monoisotopic (exact) mass is 419 g/mol. The van der Waals surface area contributed by atoms with Gasteiger partial charge in [0.05, 0.1) is 38.6 Å². The van der Waals surface area contributed by atoms with E-state index in [4.69, 9.17) is 17.3 Å². The van der Waals surface area contributed by atoms with E-state index in [0.717, 1.165) is 4.70 Å². The SMILES string of the molecule is Nc1c(F)c(Cl)c(-c2ccc3nc(NC(=O)[C@@H]4C[C@@H]4F)sc3c2)c2cn[nH]c12. The lowest BCUT2D eigenvalue weighted by molar-refractivity contribution is -0.117. The quantitative estimate of drug-likeness (QED) is 0.425. The van der Waals surface area contributed by atoms with Crippen molar-refractivity contribution >= 4 is 60.8 Å². The van der Waals surface area contributed by atoms with Crippen molar-refractivity contribution in [3.63, 3.8) is 0 Å². The van der Waals surface area contributed by atoms with Gasteiger partial charge in [-0.25, -0.2) is 13.8 Å². The number of alkyl halides is 1. The van der Waals surface area contributed by atoms with Crippen LogP contribution in [0.2, 0.25) is 5.02 Å². The van der Waals surface area contributed by atoms with E-state index >= 15 is 0 Å². The first-order valence-corrected chi connectivity index (χ1v) is 9.59. The maximum Gasteiger partial charge on any atom is 0.232 e. The number of H-pyrrole nitrogens is 1. The summed E-state index contributed by atoms with van der Waals surface area (Å²) in [4.78, 5) is 16.3. The van der Waals surface area contributed by atoms with E-state index in [1.165, 1.54) is 17.5 Å². The van der Waals surface area contributed by atoms with Gasteiger partial charge in [-0.3, -0.25) is 9.89 Å². The minimum absolute atomic E-state index is 0.0867. The number of nitrogens with two attached hydrogens (primary N) is 1. The van der Waals surface area contributed by atoms with Gasteiger partial charge in [-0.2, -0.15) is 5.10 Å². The van der Waals surface area contributed by atoms with Crippen LogP contribution >= 0.6 is 22.9 Å². The molecule has 4 aromatic rings. The van der Waals surface area contributed by atoms with E-state index in [0.29, 0.717) is 32.7 Å². The van der Waals surface area contributed by atoms with E-state index < -0.39 is 17.9 Å². The Labute approximate surface area is 165 Å². The molecular weight excluding hydrogens is 408 g/mol. The third-order valence-electron chi connectivity index (χ3n) is 4.78. The fraction of sp³-hybridized carbons (Fsp3) is 0.167. The number of nitrogens with one attached hydrogen (secondary N) is 2. The van der Waals surface area contributed by atoms with Crippen LogP contribution in [0.1, 0.15) is 6.42 Å². The number of aromatic nitrogens is 3. The molecule has 2 atom stereocenters. The predicted molar refractivity (Wildman–Crippen MR) is 106 cm³/mol. The van der Waals surface area contributed by atoms with Crippen molar-refractivity contribution in [2.45, 2.75) is 12.6 Å². The molecule has 0 unspecified atom stereocenters. The van der Waals surface area contributed by atoms with Gasteiger partial charge in [0.25, 0.3) is 0 Å². The highest BCUT2D eigenvalue weighted by atomic mass is 35.5. The first kappa shape index (κ1) is 17.3. The van der Waals surface area contributed by atoms with Crippen molar-refractivity contribution in [3.8, 4) is 11.1 Å². The summed E-state index contributed by atoms with van der Waals surface area (Å²) < 4.78 is 28.3. The van der Waals surface area contributed by atoms with Gasteiger partial charge in [-0.15, -0.1) is 0 Å². The number of hydrogen-bond acceptors (Lipinski definition) is 5. The molecule has 0 radical (unpaired) electrons. The molecule has 1 aliphatic carbocycles. The smallest absolute Gasteiger partial charge is 0.232 e. The number of hydrogen-bond donors (Lipinski definition) is 3. The highest BCUT2D eigenvalue weighted by Gasteiger charge is 2.43. The second-order valence-electron chi connectivity index (χ2n) is 6.62. The Morgan fingerprint density at radius 3 is 2.96 bits per heavy atom. The lowest BCUT2D eigenvalue weighted by Crippen LogP contribution is -2.14. The van der Waals surface area contributed by atoms with Gasteiger partial charge < -0.3 is 11.1 Å². The molecule has 4 N–H and O–H groups in total. The van der Waals surface area contributed by atoms with Crippen molar-refractivity contribution < 1.29 is 13.6 Å². The summed E-state index contributed by atoms with van der Waals surface area (Å²) in [5.74, 6) is -1.67. The molecule has 2 aromatic carbocycles. The van der Waals surface area contributed by atoms with Gasteiger partial charge in [0.15, 0.2) is 10.9 Å². The molecular formula is C18H12ClF2N5OS. The Morgan fingerprint density at radius 1 is 1.43 bits per heavy atom. The molecule has 1 amide bonds. The first-order valence-electron chi connectivity index (χ1n) is 8.39. The molecule has 28 heavy (non-hydrogen) atoms. The number of amides is 1. The summed E-state index contributed by atoms with van der Waals surface area (Å²) in [6.45, 7) is 0. The third kappa shape index (κ3) is 2.61. The van der Waals surface area contributed by atoms with E-state index in [9.17, 15) is 13.6 Å². The summed E-state index contributed by atoms with van der Waals surface area (Å²) in [5, 5.41) is 10.2. The van der Waals surface area contributed by atoms with Crippen LogP contribution in [0.5, 0.6) is 0 Å². The maximum atomic E-state index is 14.5. The Hall–Kier alpha value is -2.78. The molecule has 6 nitrogen and oxygen atoms in total. The Balaban J connectivity index is 1.58. The van der Waals surface area contributed by atoms with Crippen molar-refractivity contribution in [2.75, 3.05) is 11.1 Å². The lowest BCUT2D eigenvalue weighted by Gasteiger charge is -2.10. The van der Waals surface area contributed by atoms with E-state index in [1.54, 1.807) is 18.2 Å². The Kier molecular flexibility index (Phi) is 3.78. The fourth-order valence-corrected chi connectivity index (χ4v) is 4.41. The number of nitrogen functional groups attached to an aromatic ring is 1. The molecule has 2 aromatic heterocycles. The van der Waals surface area contributed by atoms with Crippen LogP contribution < -0.4 is 11.1 Å². The minimum Gasteiger partial charge on any atom is -0.395 e. The molecule has 1 aliphatic rings. The number of rotatable bonds is 3. The Morgan fingerprint density at radius 2 is 2.21 bits per heavy atom. The van der Waals surface area contributed by atoms with Crippen LogP contribution in [-0.2, 0) is 4.79 Å². The number of anilines is 2. The largest absolute Gasteiger partial charge is 0.395 e. The molecule has 0 spiro atoms. The number of carbonyl (C=O) groups excluding carboxylic acids is 1. The van der Waals surface area contributed by atoms with Crippen LogP contribution in [0.15, 0.2) is 24.4 Å². The fourth-order valence-electron chi connectivity index (χ4n) is 3.19. The Bertz CT molecular complexity index is 1270. The zero-order valence-corrected chi connectivity index (χ0v) is 15.7. The topological polar surface area (TPSA) is 96.7 Å². The first-order chi connectivity index (χ1) is 13.4. The number of thiazole rings is 1. The van der Waals surface area contributed by atoms with Gasteiger partial charge in [0, 0.05) is 10.9 Å². The molecule has 0 bridgehead atoms. The number of carbonyl (C=O) groups is 1. The number of nitrogens with zero attached hydrogens (tertiary/aromatic N) is 2. The second-order valence-corrected chi connectivity index (χ2v) is 8.03. The highest BCUT2D eigenvalue weighted by molar-refractivity contribution is 7.22. The predicted octanol–water partition coefficient (Wildman–Crippen LogP) is 4.51. The van der Waals surface area contributed by atoms with Crippen LogP contribution in [0.3, 0.4) is 0 Å². The molecule has 5 rings (SSSR count). The molecule has 1 saturated carbocycles. The molecule has 2 heterocycles. The summed E-state index contributed by atoms with van der Waals surface area (Å²) >= 11 is 7.50. The number of aromatic amines is 1. The van der Waals surface area contributed by atoms with Crippen molar-refractivity contribution in [2.24, 2.45) is 5.92 Å². The second kappa shape index (κ2) is 6.11. The zero-order chi connectivity index (χ0) is 19.6. The molecule has 142 valence electrons. The average molecular weight is 420 g/mol. The maximum absolute atomic E-state index is 14.5. The van der Waals surface area contributed by atoms with Crippen molar-refractivity contribution in [1.29, 1.82) is 0 Å². The van der Waals surface area contributed by atoms with E-state index in [2.05, 4.69) is 20.5 Å². The van der Waals surface area contributed by atoms with Crippen LogP contribution in [0.4, 0.5) is 19.6 Å². The minimum atomic E-state index is -1.07. The van der Waals surface area contributed by atoms with Crippen molar-refractivity contribution in [3.05, 3.63) is 35.2 Å². The number of halogens is 3. The summed E-state index contributed by atoms with van der Waals surface area (Å²) in [7, 11) is 0. The van der Waals surface area contributed by atoms with E-state index in [-0.39, 0.29) is 23.0 Å². The average Bonchev–Trinajstić information content (AvgIpc) is 3.06. The van der Waals surface area contributed by atoms with Crippen molar-refractivity contribution in [1.82, 2.24) is 15.2 Å². The molecule has 1 fully saturated rings. The number of benzene rings is 2. The van der Waals surface area contributed by atoms with Gasteiger partial charge in [0.1, 0.15) is 6.17 Å².